The number of hydrogen-bond donors (Lipinski definition) is 2. The van der Waals surface area contributed by atoms with E-state index in [0.717, 1.165) is 6.07 Å². The van der Waals surface area contributed by atoms with Gasteiger partial charge >= 0.3 is 0 Å². The van der Waals surface area contributed by atoms with Gasteiger partial charge in [-0.2, -0.15) is 0 Å². The van der Waals surface area contributed by atoms with Gasteiger partial charge in [0.2, 0.25) is 0 Å². The molecular weight excluding hydrogens is 220 g/mol. The van der Waals surface area contributed by atoms with Gasteiger partial charge in [0, 0.05) is 22.8 Å². The third-order valence-electron chi connectivity index (χ3n) is 1.92. The number of aliphatic hydroxyl groups is 1. The van der Waals surface area contributed by atoms with Crippen molar-refractivity contribution in [2.24, 2.45) is 0 Å². The highest BCUT2D eigenvalue weighted by Gasteiger charge is 2.11. The Morgan fingerprint density at radius 3 is 2.73 bits per heavy atom. The highest BCUT2D eigenvalue weighted by Crippen LogP contribution is 2.32. The molecule has 3 N–H and O–H groups in total. The summed E-state index contributed by atoms with van der Waals surface area (Å²) < 4.78 is 25.9. The second kappa shape index (κ2) is 5.32. The fraction of sp³-hybridized carbons (Fsp3) is 0.400. The first-order chi connectivity index (χ1) is 7.04. The molecule has 0 aliphatic rings. The predicted octanol–water partition coefficient (Wildman–Crippen LogP) is 2.41. The van der Waals surface area contributed by atoms with Crippen LogP contribution in [0.25, 0.3) is 0 Å². The summed E-state index contributed by atoms with van der Waals surface area (Å²) in [5.74, 6) is -1.38. The summed E-state index contributed by atoms with van der Waals surface area (Å²) >= 11 is 1.26. The van der Waals surface area contributed by atoms with Crippen LogP contribution in [0, 0.1) is 11.6 Å². The average molecular weight is 233 g/mol. The van der Waals surface area contributed by atoms with Crippen LogP contribution >= 0.6 is 11.8 Å². The van der Waals surface area contributed by atoms with E-state index in [4.69, 9.17) is 10.8 Å². The topological polar surface area (TPSA) is 46.2 Å². The molecule has 5 heteroatoms. The predicted molar refractivity (Wildman–Crippen MR) is 57.8 cm³/mol. The second-order valence-corrected chi connectivity index (χ2v) is 4.72. The Balaban J connectivity index is 2.84. The SMILES string of the molecule is CC(CCO)Sc1cc(F)cc(F)c1N. The molecule has 1 aromatic carbocycles. The molecule has 0 saturated heterocycles. The summed E-state index contributed by atoms with van der Waals surface area (Å²) in [5, 5.41) is 8.77. The van der Waals surface area contributed by atoms with Crippen LogP contribution in [0.3, 0.4) is 0 Å². The molecule has 0 fully saturated rings. The summed E-state index contributed by atoms with van der Waals surface area (Å²) in [6, 6.07) is 1.97. The normalized spacial score (nSPS) is 12.8. The molecule has 0 aliphatic heterocycles. The maximum absolute atomic E-state index is 13.0. The molecule has 84 valence electrons. The van der Waals surface area contributed by atoms with Gasteiger partial charge < -0.3 is 10.8 Å². The minimum atomic E-state index is -0.742. The van der Waals surface area contributed by atoms with Gasteiger partial charge in [-0.1, -0.05) is 6.92 Å². The molecule has 0 aliphatic carbocycles. The zero-order valence-electron chi connectivity index (χ0n) is 8.34. The third kappa shape index (κ3) is 3.35. The van der Waals surface area contributed by atoms with Crippen molar-refractivity contribution in [3.63, 3.8) is 0 Å². The Labute approximate surface area is 91.5 Å². The molecule has 15 heavy (non-hydrogen) atoms. The van der Waals surface area contributed by atoms with Gasteiger partial charge in [-0.05, 0) is 12.5 Å². The van der Waals surface area contributed by atoms with Crippen LogP contribution < -0.4 is 5.73 Å². The van der Waals surface area contributed by atoms with Crippen LogP contribution in [0.2, 0.25) is 0 Å². The van der Waals surface area contributed by atoms with Crippen LogP contribution in [-0.4, -0.2) is 17.0 Å². The zero-order valence-corrected chi connectivity index (χ0v) is 9.15. The lowest BCUT2D eigenvalue weighted by Gasteiger charge is -2.11. The van der Waals surface area contributed by atoms with Gasteiger partial charge in [0.1, 0.15) is 11.6 Å². The summed E-state index contributed by atoms with van der Waals surface area (Å²) in [6.45, 7) is 1.91. The van der Waals surface area contributed by atoms with Crippen molar-refractivity contribution >= 4 is 17.4 Å². The molecule has 0 bridgehead atoms. The van der Waals surface area contributed by atoms with Gasteiger partial charge in [-0.15, -0.1) is 11.8 Å². The van der Waals surface area contributed by atoms with E-state index < -0.39 is 11.6 Å². The Kier molecular flexibility index (Phi) is 4.35. The molecule has 2 nitrogen and oxygen atoms in total. The number of halogens is 2. The minimum Gasteiger partial charge on any atom is -0.396 e. The summed E-state index contributed by atoms with van der Waals surface area (Å²) in [5.41, 5.74) is 5.43. The van der Waals surface area contributed by atoms with E-state index in [9.17, 15) is 8.78 Å². The van der Waals surface area contributed by atoms with Crippen LogP contribution in [0.15, 0.2) is 17.0 Å². The van der Waals surface area contributed by atoms with Gasteiger partial charge in [-0.3, -0.25) is 0 Å². The monoisotopic (exact) mass is 233 g/mol. The van der Waals surface area contributed by atoms with Crippen molar-refractivity contribution in [1.29, 1.82) is 0 Å². The summed E-state index contributed by atoms with van der Waals surface area (Å²) in [7, 11) is 0. The quantitative estimate of drug-likeness (QED) is 0.620. The zero-order chi connectivity index (χ0) is 11.4. The molecule has 1 rings (SSSR count). The van der Waals surface area contributed by atoms with Crippen molar-refractivity contribution in [1.82, 2.24) is 0 Å². The molecular formula is C10H13F2NOS. The van der Waals surface area contributed by atoms with Crippen LogP contribution in [0.4, 0.5) is 14.5 Å². The number of thioether (sulfide) groups is 1. The fourth-order valence-electron chi connectivity index (χ4n) is 1.12. The molecule has 0 heterocycles. The van der Waals surface area contributed by atoms with Crippen LogP contribution in [0.5, 0.6) is 0 Å². The highest BCUT2D eigenvalue weighted by atomic mass is 32.2. The number of hydrogen-bond acceptors (Lipinski definition) is 3. The number of nitrogens with two attached hydrogens (primary N) is 1. The second-order valence-electron chi connectivity index (χ2n) is 3.24. The maximum atomic E-state index is 13.0. The number of nitrogen functional groups attached to an aromatic ring is 1. The van der Waals surface area contributed by atoms with Crippen molar-refractivity contribution in [3.05, 3.63) is 23.8 Å². The van der Waals surface area contributed by atoms with E-state index in [0.29, 0.717) is 11.3 Å². The summed E-state index contributed by atoms with van der Waals surface area (Å²) in [4.78, 5) is 0.383. The lowest BCUT2D eigenvalue weighted by Crippen LogP contribution is -2.02. The standard InChI is InChI=1S/C10H13F2NOS/c1-6(2-3-14)15-9-5-7(11)4-8(12)10(9)13/h4-6,14H,2-3,13H2,1H3. The molecule has 0 spiro atoms. The van der Waals surface area contributed by atoms with E-state index in [2.05, 4.69) is 0 Å². The van der Waals surface area contributed by atoms with E-state index in [1.54, 1.807) is 0 Å². The first kappa shape index (κ1) is 12.3. The smallest absolute Gasteiger partial charge is 0.150 e. The van der Waals surface area contributed by atoms with Crippen molar-refractivity contribution in [2.75, 3.05) is 12.3 Å². The Bertz CT molecular complexity index is 346. The van der Waals surface area contributed by atoms with E-state index in [1.807, 2.05) is 6.92 Å². The highest BCUT2D eigenvalue weighted by molar-refractivity contribution is 8.00. The molecule has 0 aromatic heterocycles. The molecule has 1 aromatic rings. The largest absolute Gasteiger partial charge is 0.396 e. The number of rotatable bonds is 4. The van der Waals surface area contributed by atoms with Gasteiger partial charge in [0.25, 0.3) is 0 Å². The van der Waals surface area contributed by atoms with Crippen molar-refractivity contribution in [2.45, 2.75) is 23.5 Å². The lowest BCUT2D eigenvalue weighted by atomic mass is 10.3. The third-order valence-corrected chi connectivity index (χ3v) is 3.15. The Morgan fingerprint density at radius 2 is 2.13 bits per heavy atom. The number of aliphatic hydroxyl groups excluding tert-OH is 1. The van der Waals surface area contributed by atoms with Gasteiger partial charge in [0.05, 0.1) is 5.69 Å². The minimum absolute atomic E-state index is 0.0359. The lowest BCUT2D eigenvalue weighted by molar-refractivity contribution is 0.289. The fourth-order valence-corrected chi connectivity index (χ4v) is 2.18. The maximum Gasteiger partial charge on any atom is 0.150 e. The molecule has 1 unspecified atom stereocenters. The molecule has 1 atom stereocenters. The summed E-state index contributed by atoms with van der Waals surface area (Å²) in [6.07, 6.45) is 0.558. The van der Waals surface area contributed by atoms with E-state index in [-0.39, 0.29) is 17.5 Å². The number of benzene rings is 1. The van der Waals surface area contributed by atoms with Crippen molar-refractivity contribution < 1.29 is 13.9 Å². The van der Waals surface area contributed by atoms with Crippen LogP contribution in [-0.2, 0) is 0 Å². The molecule has 0 radical (unpaired) electrons. The Hall–Kier alpha value is -0.810. The van der Waals surface area contributed by atoms with Crippen molar-refractivity contribution in [3.8, 4) is 0 Å². The first-order valence-corrected chi connectivity index (χ1v) is 5.44. The molecule has 0 amide bonds. The first-order valence-electron chi connectivity index (χ1n) is 4.56. The Morgan fingerprint density at radius 1 is 1.47 bits per heavy atom. The average Bonchev–Trinajstić information content (AvgIpc) is 2.13. The van der Waals surface area contributed by atoms with E-state index in [1.165, 1.54) is 17.8 Å². The molecule has 0 saturated carbocycles. The van der Waals surface area contributed by atoms with E-state index >= 15 is 0 Å². The van der Waals surface area contributed by atoms with Crippen LogP contribution in [0.1, 0.15) is 13.3 Å². The van der Waals surface area contributed by atoms with Gasteiger partial charge in [-0.25, -0.2) is 8.78 Å². The van der Waals surface area contributed by atoms with Gasteiger partial charge in [0.15, 0.2) is 0 Å². The number of anilines is 1.